The van der Waals surface area contributed by atoms with Crippen molar-refractivity contribution in [2.75, 3.05) is 27.2 Å². The molecule has 116 valence electrons. The number of amides is 3. The van der Waals surface area contributed by atoms with E-state index in [1.165, 1.54) is 9.80 Å². The summed E-state index contributed by atoms with van der Waals surface area (Å²) in [6, 6.07) is -1.47. The van der Waals surface area contributed by atoms with Gasteiger partial charge in [-0.2, -0.15) is 0 Å². The molecule has 0 fully saturated rings. The van der Waals surface area contributed by atoms with Crippen molar-refractivity contribution in [3.8, 4) is 0 Å². The molecule has 0 heterocycles. The molecule has 0 spiro atoms. The highest BCUT2D eigenvalue weighted by atomic mass is 16.4. The lowest BCUT2D eigenvalue weighted by molar-refractivity contribution is -0.139. The molecule has 0 aromatic carbocycles. The van der Waals surface area contributed by atoms with Gasteiger partial charge in [-0.05, 0) is 19.3 Å². The second-order valence-corrected chi connectivity index (χ2v) is 5.27. The van der Waals surface area contributed by atoms with Gasteiger partial charge in [0, 0.05) is 20.6 Å². The second kappa shape index (κ2) is 8.39. The maximum Gasteiger partial charge on any atom is 0.326 e. The van der Waals surface area contributed by atoms with Crippen LogP contribution in [0.15, 0.2) is 0 Å². The molecule has 0 bridgehead atoms. The topological polar surface area (TPSA) is 90.0 Å². The number of carboxylic acid groups (broad SMARTS) is 1. The maximum atomic E-state index is 12.0. The summed E-state index contributed by atoms with van der Waals surface area (Å²) in [7, 11) is 3.21. The number of hydrogen-bond donors (Lipinski definition) is 2. The van der Waals surface area contributed by atoms with E-state index in [1.807, 2.05) is 13.8 Å². The van der Waals surface area contributed by atoms with Gasteiger partial charge in [-0.25, -0.2) is 9.59 Å². The highest BCUT2D eigenvalue weighted by molar-refractivity contribution is 5.86. The van der Waals surface area contributed by atoms with Crippen LogP contribution < -0.4 is 5.32 Å². The van der Waals surface area contributed by atoms with Crippen molar-refractivity contribution in [1.82, 2.24) is 15.1 Å². The first kappa shape index (κ1) is 18.2. The van der Waals surface area contributed by atoms with Gasteiger partial charge in [0.1, 0.15) is 12.6 Å². The molecule has 0 unspecified atom stereocenters. The van der Waals surface area contributed by atoms with Crippen LogP contribution in [-0.2, 0) is 9.59 Å². The average molecular weight is 287 g/mol. The lowest BCUT2D eigenvalue weighted by atomic mass is 10.0. The molecule has 0 aromatic rings. The Morgan fingerprint density at radius 2 is 1.75 bits per heavy atom. The third kappa shape index (κ3) is 6.40. The molecule has 0 aliphatic rings. The number of carbonyl (C=O) groups excluding carboxylic acids is 2. The van der Waals surface area contributed by atoms with Crippen LogP contribution in [0, 0.1) is 5.92 Å². The molecule has 1 atom stereocenters. The summed E-state index contributed by atoms with van der Waals surface area (Å²) in [6.07, 6.45) is 0.347. The summed E-state index contributed by atoms with van der Waals surface area (Å²) in [4.78, 5) is 37.4. The molecule has 2 N–H and O–H groups in total. The summed E-state index contributed by atoms with van der Waals surface area (Å²) < 4.78 is 0. The standard InChI is InChI=1S/C13H25N3O4/c1-6-16(8-11(17)15(4)5)13(20)14-10(12(18)19)7-9(2)3/h9-10H,6-8H2,1-5H3,(H,14,20)(H,18,19)/t10-/m1/s1. The van der Waals surface area contributed by atoms with E-state index in [0.29, 0.717) is 13.0 Å². The Kier molecular flexibility index (Phi) is 7.64. The zero-order valence-electron chi connectivity index (χ0n) is 12.8. The van der Waals surface area contributed by atoms with Crippen LogP contribution in [0.25, 0.3) is 0 Å². The first-order chi connectivity index (χ1) is 9.18. The van der Waals surface area contributed by atoms with Gasteiger partial charge in [-0.3, -0.25) is 4.79 Å². The molecular weight excluding hydrogens is 262 g/mol. The molecule has 0 saturated heterocycles. The van der Waals surface area contributed by atoms with E-state index in [0.717, 1.165) is 0 Å². The molecule has 7 nitrogen and oxygen atoms in total. The Hall–Kier alpha value is -1.79. The monoisotopic (exact) mass is 287 g/mol. The Balaban J connectivity index is 4.66. The van der Waals surface area contributed by atoms with E-state index >= 15 is 0 Å². The van der Waals surface area contributed by atoms with E-state index in [4.69, 9.17) is 5.11 Å². The predicted octanol–water partition coefficient (Wildman–Crippen LogP) is 0.605. The zero-order valence-corrected chi connectivity index (χ0v) is 12.8. The number of rotatable bonds is 7. The molecule has 20 heavy (non-hydrogen) atoms. The lowest BCUT2D eigenvalue weighted by Crippen LogP contribution is -2.50. The van der Waals surface area contributed by atoms with Crippen LogP contribution >= 0.6 is 0 Å². The number of likely N-dealkylation sites (N-methyl/N-ethyl adjacent to an activating group) is 2. The second-order valence-electron chi connectivity index (χ2n) is 5.27. The zero-order chi connectivity index (χ0) is 15.9. The van der Waals surface area contributed by atoms with Crippen LogP contribution in [0.3, 0.4) is 0 Å². The quantitative estimate of drug-likeness (QED) is 0.717. The molecule has 0 rings (SSSR count). The molecule has 0 aliphatic carbocycles. The average Bonchev–Trinajstić information content (AvgIpc) is 2.33. The van der Waals surface area contributed by atoms with Crippen molar-refractivity contribution in [3.63, 3.8) is 0 Å². The molecule has 0 aromatic heterocycles. The third-order valence-corrected chi connectivity index (χ3v) is 2.80. The van der Waals surface area contributed by atoms with Crippen LogP contribution in [0.1, 0.15) is 27.2 Å². The molecule has 0 radical (unpaired) electrons. The Bertz CT molecular complexity index is 356. The Morgan fingerprint density at radius 3 is 2.10 bits per heavy atom. The SMILES string of the molecule is CCN(CC(=O)N(C)C)C(=O)N[C@H](CC(C)C)C(=O)O. The van der Waals surface area contributed by atoms with Crippen molar-refractivity contribution in [2.45, 2.75) is 33.2 Å². The first-order valence-corrected chi connectivity index (χ1v) is 6.67. The van der Waals surface area contributed by atoms with Crippen LogP contribution in [0.5, 0.6) is 0 Å². The number of nitrogens with one attached hydrogen (secondary N) is 1. The number of aliphatic carboxylic acids is 1. The molecule has 7 heteroatoms. The van der Waals surface area contributed by atoms with Crippen molar-refractivity contribution < 1.29 is 19.5 Å². The number of urea groups is 1. The van der Waals surface area contributed by atoms with E-state index in [1.54, 1.807) is 21.0 Å². The molecule has 3 amide bonds. The largest absolute Gasteiger partial charge is 0.480 e. The van der Waals surface area contributed by atoms with Gasteiger partial charge in [0.05, 0.1) is 0 Å². The first-order valence-electron chi connectivity index (χ1n) is 6.67. The normalized spacial score (nSPS) is 11.9. The Labute approximate surface area is 119 Å². The smallest absolute Gasteiger partial charge is 0.326 e. The highest BCUT2D eigenvalue weighted by Crippen LogP contribution is 2.06. The fraction of sp³-hybridized carbons (Fsp3) is 0.769. The van der Waals surface area contributed by atoms with Gasteiger partial charge < -0.3 is 20.2 Å². The molecule has 0 aliphatic heterocycles. The van der Waals surface area contributed by atoms with Gasteiger partial charge in [-0.15, -0.1) is 0 Å². The number of carbonyl (C=O) groups is 3. The van der Waals surface area contributed by atoms with E-state index in [9.17, 15) is 14.4 Å². The van der Waals surface area contributed by atoms with E-state index in [-0.39, 0.29) is 18.4 Å². The summed E-state index contributed by atoms with van der Waals surface area (Å²) in [5.41, 5.74) is 0. The van der Waals surface area contributed by atoms with Crippen molar-refractivity contribution in [1.29, 1.82) is 0 Å². The molecular formula is C13H25N3O4. The summed E-state index contributed by atoms with van der Waals surface area (Å²) >= 11 is 0. The third-order valence-electron chi connectivity index (χ3n) is 2.80. The van der Waals surface area contributed by atoms with Gasteiger partial charge in [-0.1, -0.05) is 13.8 Å². The minimum absolute atomic E-state index is 0.0661. The van der Waals surface area contributed by atoms with E-state index in [2.05, 4.69) is 5.32 Å². The van der Waals surface area contributed by atoms with Crippen molar-refractivity contribution in [2.24, 2.45) is 5.92 Å². The van der Waals surface area contributed by atoms with Crippen LogP contribution in [0.2, 0.25) is 0 Å². The van der Waals surface area contributed by atoms with Crippen molar-refractivity contribution in [3.05, 3.63) is 0 Å². The highest BCUT2D eigenvalue weighted by Gasteiger charge is 2.24. The van der Waals surface area contributed by atoms with Gasteiger partial charge >= 0.3 is 12.0 Å². The Morgan fingerprint density at radius 1 is 1.20 bits per heavy atom. The number of nitrogens with zero attached hydrogens (tertiary/aromatic N) is 2. The number of carboxylic acids is 1. The number of hydrogen-bond acceptors (Lipinski definition) is 3. The fourth-order valence-corrected chi connectivity index (χ4v) is 1.57. The minimum Gasteiger partial charge on any atom is -0.480 e. The van der Waals surface area contributed by atoms with E-state index < -0.39 is 18.0 Å². The van der Waals surface area contributed by atoms with Gasteiger partial charge in [0.15, 0.2) is 0 Å². The summed E-state index contributed by atoms with van der Waals surface area (Å²) in [6.45, 7) is 5.77. The van der Waals surface area contributed by atoms with Gasteiger partial charge in [0.25, 0.3) is 0 Å². The maximum absolute atomic E-state index is 12.0. The van der Waals surface area contributed by atoms with Gasteiger partial charge in [0.2, 0.25) is 5.91 Å². The van der Waals surface area contributed by atoms with Crippen LogP contribution in [-0.4, -0.2) is 66.0 Å². The van der Waals surface area contributed by atoms with Crippen molar-refractivity contribution >= 4 is 17.9 Å². The summed E-state index contributed by atoms with van der Waals surface area (Å²) in [5, 5.41) is 11.5. The van der Waals surface area contributed by atoms with Crippen LogP contribution in [0.4, 0.5) is 4.79 Å². The minimum atomic E-state index is -1.07. The fourth-order valence-electron chi connectivity index (χ4n) is 1.57. The lowest BCUT2D eigenvalue weighted by Gasteiger charge is -2.25. The predicted molar refractivity (Wildman–Crippen MR) is 75.4 cm³/mol. The molecule has 0 saturated carbocycles. The summed E-state index contributed by atoms with van der Waals surface area (Å²) in [5.74, 6) is -1.13.